The molecule has 0 saturated carbocycles. The maximum Gasteiger partial charge on any atom is 0.342 e. The maximum absolute atomic E-state index is 11.7. The zero-order chi connectivity index (χ0) is 16.0. The van der Waals surface area contributed by atoms with Gasteiger partial charge in [-0.25, -0.2) is 9.55 Å². The van der Waals surface area contributed by atoms with Crippen molar-refractivity contribution >= 4 is 11.8 Å². The van der Waals surface area contributed by atoms with Crippen LogP contribution < -0.4 is 5.32 Å². The number of carbonyl (C=O) groups is 1. The number of hydrogen-bond acceptors (Lipinski definition) is 6. The van der Waals surface area contributed by atoms with E-state index in [1.165, 1.54) is 17.9 Å². The van der Waals surface area contributed by atoms with E-state index in [9.17, 15) is 14.9 Å². The molecule has 8 heteroatoms. The highest BCUT2D eigenvalue weighted by molar-refractivity contribution is 5.75. The van der Waals surface area contributed by atoms with Gasteiger partial charge in [0.25, 0.3) is 0 Å². The Balaban J connectivity index is 2.64. The van der Waals surface area contributed by atoms with Crippen LogP contribution in [0.3, 0.4) is 0 Å². The first-order valence-electron chi connectivity index (χ1n) is 6.84. The van der Waals surface area contributed by atoms with Gasteiger partial charge in [-0.1, -0.05) is 13.8 Å². The zero-order valence-corrected chi connectivity index (χ0v) is 12.8. The van der Waals surface area contributed by atoms with Crippen LogP contribution in [0.2, 0.25) is 0 Å². The van der Waals surface area contributed by atoms with Crippen molar-refractivity contribution in [3.8, 4) is 0 Å². The van der Waals surface area contributed by atoms with E-state index in [2.05, 4.69) is 10.3 Å². The molecule has 0 fully saturated rings. The molecule has 21 heavy (non-hydrogen) atoms. The fourth-order valence-electron chi connectivity index (χ4n) is 2.11. The zero-order valence-electron chi connectivity index (χ0n) is 12.8. The fourth-order valence-corrected chi connectivity index (χ4v) is 2.11. The standard InChI is InChI=1S/C13H22N4O4/c1-9(2)7-11(13(18)21-4)14-5-6-16-10(3)15-8-12(16)17(19)20/h8-9,11,14H,5-7H2,1-4H3. The molecule has 0 aliphatic rings. The minimum absolute atomic E-state index is 0.0484. The Labute approximate surface area is 123 Å². The molecule has 0 aromatic carbocycles. The molecule has 1 aromatic heterocycles. The molecule has 0 spiro atoms. The third-order valence-corrected chi connectivity index (χ3v) is 3.14. The summed E-state index contributed by atoms with van der Waals surface area (Å²) in [5.74, 6) is 0.543. The average molecular weight is 298 g/mol. The van der Waals surface area contributed by atoms with E-state index < -0.39 is 11.0 Å². The Bertz CT molecular complexity index is 498. The van der Waals surface area contributed by atoms with Crippen LogP contribution in [-0.4, -0.2) is 40.1 Å². The Hall–Kier alpha value is -1.96. The number of hydrogen-bond donors (Lipinski definition) is 1. The van der Waals surface area contributed by atoms with Gasteiger partial charge in [0.05, 0.1) is 7.11 Å². The van der Waals surface area contributed by atoms with E-state index in [1.807, 2.05) is 13.8 Å². The highest BCUT2D eigenvalue weighted by Gasteiger charge is 2.21. The molecule has 0 aliphatic carbocycles. The van der Waals surface area contributed by atoms with Gasteiger partial charge in [-0.15, -0.1) is 0 Å². The third-order valence-electron chi connectivity index (χ3n) is 3.14. The molecule has 1 atom stereocenters. The molecule has 0 bridgehead atoms. The molecule has 0 saturated heterocycles. The second kappa shape index (κ2) is 7.72. The molecular weight excluding hydrogens is 276 g/mol. The number of nitrogens with zero attached hydrogens (tertiary/aromatic N) is 3. The van der Waals surface area contributed by atoms with Crippen molar-refractivity contribution in [2.75, 3.05) is 13.7 Å². The molecule has 1 heterocycles. The van der Waals surface area contributed by atoms with Crippen LogP contribution in [0.25, 0.3) is 0 Å². The van der Waals surface area contributed by atoms with Gasteiger partial charge in [-0.3, -0.25) is 4.79 Å². The van der Waals surface area contributed by atoms with Gasteiger partial charge in [0, 0.05) is 13.5 Å². The van der Waals surface area contributed by atoms with Crippen molar-refractivity contribution < 1.29 is 14.5 Å². The highest BCUT2D eigenvalue weighted by Crippen LogP contribution is 2.13. The minimum atomic E-state index is -0.466. The Morgan fingerprint density at radius 2 is 2.24 bits per heavy atom. The first-order chi connectivity index (χ1) is 9.86. The number of rotatable bonds is 8. The average Bonchev–Trinajstić information content (AvgIpc) is 2.78. The molecule has 0 amide bonds. The molecular formula is C13H22N4O4. The number of imidazole rings is 1. The second-order valence-corrected chi connectivity index (χ2v) is 5.23. The molecule has 1 aromatic rings. The number of esters is 1. The lowest BCUT2D eigenvalue weighted by Gasteiger charge is -2.18. The van der Waals surface area contributed by atoms with E-state index >= 15 is 0 Å². The van der Waals surface area contributed by atoms with Crippen molar-refractivity contribution in [3.05, 3.63) is 22.1 Å². The monoisotopic (exact) mass is 298 g/mol. The van der Waals surface area contributed by atoms with Crippen molar-refractivity contribution in [3.63, 3.8) is 0 Å². The van der Waals surface area contributed by atoms with Gasteiger partial charge in [0.1, 0.15) is 18.8 Å². The molecule has 0 radical (unpaired) electrons. The smallest absolute Gasteiger partial charge is 0.342 e. The number of ether oxygens (including phenoxy) is 1. The molecule has 8 nitrogen and oxygen atoms in total. The number of nitro groups is 1. The molecule has 118 valence electrons. The van der Waals surface area contributed by atoms with E-state index in [-0.39, 0.29) is 11.8 Å². The normalized spacial score (nSPS) is 12.4. The summed E-state index contributed by atoms with van der Waals surface area (Å²) in [5.41, 5.74) is 0. The van der Waals surface area contributed by atoms with Crippen molar-refractivity contribution in [1.82, 2.24) is 14.9 Å². The van der Waals surface area contributed by atoms with Crippen LogP contribution in [0, 0.1) is 23.0 Å². The lowest BCUT2D eigenvalue weighted by molar-refractivity contribution is -0.392. The van der Waals surface area contributed by atoms with Crippen LogP contribution >= 0.6 is 0 Å². The SMILES string of the molecule is COC(=O)C(CC(C)C)NCCn1c([N+](=O)[O-])cnc1C. The molecule has 1 rings (SSSR count). The van der Waals surface area contributed by atoms with Crippen molar-refractivity contribution in [1.29, 1.82) is 0 Å². The van der Waals surface area contributed by atoms with E-state index in [0.717, 1.165) is 0 Å². The first-order valence-corrected chi connectivity index (χ1v) is 6.84. The van der Waals surface area contributed by atoms with Crippen molar-refractivity contribution in [2.24, 2.45) is 5.92 Å². The van der Waals surface area contributed by atoms with Gasteiger partial charge >= 0.3 is 11.8 Å². The lowest BCUT2D eigenvalue weighted by atomic mass is 10.0. The van der Waals surface area contributed by atoms with Crippen molar-refractivity contribution in [2.45, 2.75) is 39.8 Å². The van der Waals surface area contributed by atoms with E-state index in [4.69, 9.17) is 4.74 Å². The van der Waals surface area contributed by atoms with Crippen LogP contribution in [0.5, 0.6) is 0 Å². The largest absolute Gasteiger partial charge is 0.468 e. The van der Waals surface area contributed by atoms with Gasteiger partial charge in [0.2, 0.25) is 0 Å². The summed E-state index contributed by atoms with van der Waals surface area (Å²) in [6.07, 6.45) is 1.89. The summed E-state index contributed by atoms with van der Waals surface area (Å²) in [5, 5.41) is 14.0. The summed E-state index contributed by atoms with van der Waals surface area (Å²) in [6.45, 7) is 6.53. The van der Waals surface area contributed by atoms with Crippen LogP contribution in [0.4, 0.5) is 5.82 Å². The summed E-state index contributed by atoms with van der Waals surface area (Å²) in [4.78, 5) is 26.0. The van der Waals surface area contributed by atoms with Gasteiger partial charge in [0.15, 0.2) is 5.82 Å². The number of aryl methyl sites for hydroxylation is 1. The van der Waals surface area contributed by atoms with Crippen LogP contribution in [0.1, 0.15) is 26.1 Å². The lowest BCUT2D eigenvalue weighted by Crippen LogP contribution is -2.40. The Kier molecular flexibility index (Phi) is 6.29. The quantitative estimate of drug-likeness (QED) is 0.441. The third kappa shape index (κ3) is 4.82. The minimum Gasteiger partial charge on any atom is -0.468 e. The second-order valence-electron chi connectivity index (χ2n) is 5.23. The topological polar surface area (TPSA) is 99.3 Å². The summed E-state index contributed by atoms with van der Waals surface area (Å²) < 4.78 is 6.27. The predicted octanol–water partition coefficient (Wildman–Crippen LogP) is 1.28. The molecule has 1 unspecified atom stereocenters. The highest BCUT2D eigenvalue weighted by atomic mass is 16.6. The van der Waals surface area contributed by atoms with Gasteiger partial charge < -0.3 is 20.2 Å². The molecule has 1 N–H and O–H groups in total. The number of nitrogens with one attached hydrogen (secondary N) is 1. The summed E-state index contributed by atoms with van der Waals surface area (Å²) in [6, 6.07) is -0.405. The van der Waals surface area contributed by atoms with Crippen LogP contribution in [-0.2, 0) is 16.1 Å². The van der Waals surface area contributed by atoms with E-state index in [0.29, 0.717) is 31.3 Å². The van der Waals surface area contributed by atoms with Gasteiger partial charge in [-0.2, -0.15) is 0 Å². The Morgan fingerprint density at radius 3 is 2.76 bits per heavy atom. The predicted molar refractivity (Wildman–Crippen MR) is 76.9 cm³/mol. The summed E-state index contributed by atoms with van der Waals surface area (Å²) in [7, 11) is 1.35. The van der Waals surface area contributed by atoms with Crippen LogP contribution in [0.15, 0.2) is 6.20 Å². The fraction of sp³-hybridized carbons (Fsp3) is 0.692. The van der Waals surface area contributed by atoms with Gasteiger partial charge in [-0.05, 0) is 17.3 Å². The first kappa shape index (κ1) is 17.1. The molecule has 0 aliphatic heterocycles. The maximum atomic E-state index is 11.7. The summed E-state index contributed by atoms with van der Waals surface area (Å²) >= 11 is 0. The Morgan fingerprint density at radius 1 is 1.57 bits per heavy atom. The number of methoxy groups -OCH3 is 1. The number of carbonyl (C=O) groups excluding carboxylic acids is 1. The van der Waals surface area contributed by atoms with E-state index in [1.54, 1.807) is 6.92 Å². The number of aromatic nitrogens is 2.